The van der Waals surface area contributed by atoms with Crippen LogP contribution in [0.4, 0.5) is 11.4 Å². The Hall–Kier alpha value is -4.28. The van der Waals surface area contributed by atoms with Crippen molar-refractivity contribution in [1.29, 1.82) is 10.5 Å². The van der Waals surface area contributed by atoms with Crippen LogP contribution in [0.1, 0.15) is 24.0 Å². The molecule has 1 aliphatic carbocycles. The molecule has 4 nitrogen and oxygen atoms in total. The fraction of sp³-hybridized carbons (Fsp3) is 0.200. The summed E-state index contributed by atoms with van der Waals surface area (Å²) in [6.45, 7) is 0. The molecule has 0 heterocycles. The van der Waals surface area contributed by atoms with Crippen LogP contribution in [0, 0.1) is 22.7 Å². The van der Waals surface area contributed by atoms with Gasteiger partial charge in [-0.25, -0.2) is 0 Å². The van der Waals surface area contributed by atoms with Crippen LogP contribution < -0.4 is 9.80 Å². The highest BCUT2D eigenvalue weighted by Crippen LogP contribution is 2.37. The Morgan fingerprint density at radius 2 is 1.06 bits per heavy atom. The lowest BCUT2D eigenvalue weighted by Gasteiger charge is -2.11. The molecule has 0 amide bonds. The largest absolute Gasteiger partial charge is 0.378 e. The van der Waals surface area contributed by atoms with Gasteiger partial charge in [-0.2, -0.15) is 10.5 Å². The van der Waals surface area contributed by atoms with E-state index in [1.165, 1.54) is 0 Å². The highest BCUT2D eigenvalue weighted by molar-refractivity contribution is 5.65. The van der Waals surface area contributed by atoms with Crippen molar-refractivity contribution in [2.45, 2.75) is 12.8 Å². The maximum atomic E-state index is 9.54. The lowest BCUT2D eigenvalue weighted by molar-refractivity contribution is 1.05. The van der Waals surface area contributed by atoms with Crippen molar-refractivity contribution in [1.82, 2.24) is 0 Å². The van der Waals surface area contributed by atoms with Crippen LogP contribution in [0.5, 0.6) is 0 Å². The molecule has 34 heavy (non-hydrogen) atoms. The number of benzene rings is 2. The van der Waals surface area contributed by atoms with Gasteiger partial charge in [-0.05, 0) is 59.4 Å². The van der Waals surface area contributed by atoms with Gasteiger partial charge in [-0.15, -0.1) is 0 Å². The molecule has 1 aliphatic rings. The molecule has 0 radical (unpaired) electrons. The molecule has 1 saturated carbocycles. The van der Waals surface area contributed by atoms with Gasteiger partial charge in [-0.1, -0.05) is 60.7 Å². The van der Waals surface area contributed by atoms with Crippen molar-refractivity contribution < 1.29 is 0 Å². The third-order valence-electron chi connectivity index (χ3n) is 5.77. The summed E-state index contributed by atoms with van der Waals surface area (Å²) in [5.74, 6) is 0. The average molecular weight is 447 g/mol. The summed E-state index contributed by atoms with van der Waals surface area (Å²) in [7, 11) is 8.08. The van der Waals surface area contributed by atoms with Gasteiger partial charge in [0, 0.05) is 45.1 Å². The van der Waals surface area contributed by atoms with E-state index < -0.39 is 0 Å². The predicted octanol–water partition coefficient (Wildman–Crippen LogP) is 6.54. The normalized spacial score (nSPS) is 15.8. The second-order valence-corrected chi connectivity index (χ2v) is 8.55. The van der Waals surface area contributed by atoms with Crippen LogP contribution in [0.3, 0.4) is 0 Å². The zero-order valence-corrected chi connectivity index (χ0v) is 20.3. The van der Waals surface area contributed by atoms with Gasteiger partial charge in [0.25, 0.3) is 0 Å². The Bertz CT molecular complexity index is 1140. The number of allylic oxidation sites excluding steroid dienone is 8. The van der Waals surface area contributed by atoms with Crippen molar-refractivity contribution in [2.24, 2.45) is 0 Å². The molecule has 0 spiro atoms. The van der Waals surface area contributed by atoms with Gasteiger partial charge < -0.3 is 9.80 Å². The summed E-state index contributed by atoms with van der Waals surface area (Å²) < 4.78 is 0. The van der Waals surface area contributed by atoms with E-state index in [0.29, 0.717) is 0 Å². The van der Waals surface area contributed by atoms with Crippen LogP contribution in [-0.4, -0.2) is 28.2 Å². The Morgan fingerprint density at radius 3 is 1.38 bits per heavy atom. The van der Waals surface area contributed by atoms with Gasteiger partial charge in [0.15, 0.2) is 0 Å². The standard InChI is InChI=1S/C30H30N4/c1-33(2)28-17-11-23(12-18-28)7-5-9-25-15-16-26(30(25)27(21-31)22-32)10-6-8-24-13-19-29(20-14-24)34(3)4/h5-14,17-20H,15-16H2,1-4H3. The Morgan fingerprint density at radius 1 is 0.676 bits per heavy atom. The van der Waals surface area contributed by atoms with Crippen molar-refractivity contribution in [3.63, 3.8) is 0 Å². The molecule has 0 aliphatic heterocycles. The van der Waals surface area contributed by atoms with Gasteiger partial charge in [0.1, 0.15) is 17.7 Å². The molecule has 1 fully saturated rings. The molecular formula is C30H30N4. The highest BCUT2D eigenvalue weighted by atomic mass is 15.1. The molecule has 0 bridgehead atoms. The first-order valence-electron chi connectivity index (χ1n) is 11.3. The Balaban J connectivity index is 1.81. The van der Waals surface area contributed by atoms with E-state index in [2.05, 4.69) is 70.5 Å². The van der Waals surface area contributed by atoms with Crippen LogP contribution in [0.15, 0.2) is 95.1 Å². The van der Waals surface area contributed by atoms with Gasteiger partial charge in [0.05, 0.1) is 0 Å². The van der Waals surface area contributed by atoms with Crippen molar-refractivity contribution in [3.8, 4) is 12.1 Å². The molecule has 0 atom stereocenters. The summed E-state index contributed by atoms with van der Waals surface area (Å²) in [4.78, 5) is 4.13. The molecule has 2 aromatic carbocycles. The molecule has 170 valence electrons. The number of hydrogen-bond donors (Lipinski definition) is 0. The summed E-state index contributed by atoms with van der Waals surface area (Å²) in [5, 5.41) is 19.1. The first-order chi connectivity index (χ1) is 16.4. The third-order valence-corrected chi connectivity index (χ3v) is 5.77. The van der Waals surface area contributed by atoms with Crippen LogP contribution in [0.25, 0.3) is 12.2 Å². The van der Waals surface area contributed by atoms with E-state index in [-0.39, 0.29) is 5.57 Å². The number of rotatable bonds is 6. The van der Waals surface area contributed by atoms with E-state index in [1.54, 1.807) is 0 Å². The lowest BCUT2D eigenvalue weighted by Crippen LogP contribution is -2.07. The zero-order valence-electron chi connectivity index (χ0n) is 20.3. The average Bonchev–Trinajstić information content (AvgIpc) is 3.23. The molecule has 0 saturated heterocycles. The Labute approximate surface area is 203 Å². The monoisotopic (exact) mass is 446 g/mol. The minimum Gasteiger partial charge on any atom is -0.378 e. The lowest BCUT2D eigenvalue weighted by atomic mass is 9.99. The first-order valence-corrected chi connectivity index (χ1v) is 11.3. The highest BCUT2D eigenvalue weighted by Gasteiger charge is 2.22. The van der Waals surface area contributed by atoms with Crippen molar-refractivity contribution >= 4 is 23.5 Å². The predicted molar refractivity (Wildman–Crippen MR) is 143 cm³/mol. The topological polar surface area (TPSA) is 54.1 Å². The summed E-state index contributed by atoms with van der Waals surface area (Å²) >= 11 is 0. The van der Waals surface area contributed by atoms with E-state index in [9.17, 15) is 10.5 Å². The summed E-state index contributed by atoms with van der Waals surface area (Å²) in [6.07, 6.45) is 13.7. The maximum absolute atomic E-state index is 9.54. The minimum atomic E-state index is 0.169. The van der Waals surface area contributed by atoms with E-state index >= 15 is 0 Å². The second kappa shape index (κ2) is 11.5. The maximum Gasteiger partial charge on any atom is 0.137 e. The SMILES string of the molecule is CN(C)c1ccc(C=CC=C2CCC(=CC=Cc3ccc(N(C)C)cc3)C2=C(C#N)C#N)cc1. The Kier molecular flexibility index (Phi) is 8.27. The number of nitriles is 2. The van der Waals surface area contributed by atoms with E-state index in [1.807, 2.05) is 64.6 Å². The third kappa shape index (κ3) is 6.15. The molecule has 0 N–H and O–H groups in total. The zero-order chi connectivity index (χ0) is 24.5. The van der Waals surface area contributed by atoms with Gasteiger partial charge >= 0.3 is 0 Å². The first kappa shape index (κ1) is 24.4. The van der Waals surface area contributed by atoms with E-state index in [0.717, 1.165) is 52.1 Å². The van der Waals surface area contributed by atoms with E-state index in [4.69, 9.17) is 0 Å². The number of hydrogen-bond acceptors (Lipinski definition) is 4. The fourth-order valence-corrected chi connectivity index (χ4v) is 3.83. The summed E-state index contributed by atoms with van der Waals surface area (Å²) in [6, 6.07) is 20.8. The molecule has 3 rings (SSSR count). The second-order valence-electron chi connectivity index (χ2n) is 8.55. The fourth-order valence-electron chi connectivity index (χ4n) is 3.83. The minimum absolute atomic E-state index is 0.169. The smallest absolute Gasteiger partial charge is 0.137 e. The molecule has 4 heteroatoms. The van der Waals surface area contributed by atoms with Crippen LogP contribution in [-0.2, 0) is 0 Å². The van der Waals surface area contributed by atoms with Gasteiger partial charge in [-0.3, -0.25) is 0 Å². The quantitative estimate of drug-likeness (QED) is 0.473. The van der Waals surface area contributed by atoms with Crippen molar-refractivity contribution in [3.05, 3.63) is 106 Å². The summed E-state index contributed by atoms with van der Waals surface area (Å²) in [5.41, 5.74) is 7.49. The number of nitrogens with zero attached hydrogens (tertiary/aromatic N) is 4. The number of anilines is 2. The molecule has 0 aromatic heterocycles. The van der Waals surface area contributed by atoms with Gasteiger partial charge in [0.2, 0.25) is 0 Å². The molecular weight excluding hydrogens is 416 g/mol. The van der Waals surface area contributed by atoms with Crippen LogP contribution >= 0.6 is 0 Å². The van der Waals surface area contributed by atoms with Crippen molar-refractivity contribution in [2.75, 3.05) is 38.0 Å². The van der Waals surface area contributed by atoms with Crippen LogP contribution in [0.2, 0.25) is 0 Å². The molecule has 2 aromatic rings. The molecule has 0 unspecified atom stereocenters.